The van der Waals surface area contributed by atoms with E-state index in [1.54, 1.807) is 66.7 Å². The average molecular weight is 1010 g/mol. The van der Waals surface area contributed by atoms with Gasteiger partial charge in [0.2, 0.25) is 23.6 Å². The largest absolute Gasteiger partial charge is 0.490 e. The molecule has 0 bridgehead atoms. The molecule has 16 nitrogen and oxygen atoms in total. The fraction of sp³-hybridized carbons (Fsp3) is 0.404. The van der Waals surface area contributed by atoms with Gasteiger partial charge in [0.1, 0.15) is 29.6 Å². The van der Waals surface area contributed by atoms with Crippen LogP contribution in [0.2, 0.25) is 10.0 Å². The minimum atomic E-state index is -1.36. The second-order valence-electron chi connectivity index (χ2n) is 18.2. The number of amides is 6. The molecule has 2 saturated heterocycles. The summed E-state index contributed by atoms with van der Waals surface area (Å²) >= 11 is 12.8. The van der Waals surface area contributed by atoms with E-state index in [0.29, 0.717) is 66.6 Å². The Labute approximate surface area is 418 Å². The van der Waals surface area contributed by atoms with Crippen molar-refractivity contribution in [1.29, 1.82) is 0 Å². The van der Waals surface area contributed by atoms with Crippen LogP contribution in [0.5, 0.6) is 5.75 Å². The van der Waals surface area contributed by atoms with E-state index >= 15 is 4.39 Å². The number of carbonyl (C=O) groups excluding carboxylic acids is 7. The number of piperidine rings is 1. The fourth-order valence-corrected chi connectivity index (χ4v) is 11.4. The van der Waals surface area contributed by atoms with Crippen molar-refractivity contribution in [1.82, 2.24) is 15.5 Å². The van der Waals surface area contributed by atoms with Crippen molar-refractivity contribution in [2.24, 2.45) is 0 Å². The van der Waals surface area contributed by atoms with E-state index in [9.17, 15) is 33.6 Å². The third-order valence-electron chi connectivity index (χ3n) is 14.1. The summed E-state index contributed by atoms with van der Waals surface area (Å²) in [7, 11) is 0. The predicted octanol–water partition coefficient (Wildman–Crippen LogP) is 6.91. The lowest BCUT2D eigenvalue weighted by Crippen LogP contribution is -2.60. The van der Waals surface area contributed by atoms with Gasteiger partial charge in [0.15, 0.2) is 5.78 Å². The first-order valence-corrected chi connectivity index (χ1v) is 24.6. The van der Waals surface area contributed by atoms with Crippen LogP contribution in [0.4, 0.5) is 15.8 Å². The molecule has 1 unspecified atom stereocenters. The third-order valence-corrected chi connectivity index (χ3v) is 14.7. The van der Waals surface area contributed by atoms with Crippen LogP contribution >= 0.6 is 23.2 Å². The second kappa shape index (κ2) is 21.3. The molecule has 4 atom stereocenters. The maximum atomic E-state index is 16.2. The average Bonchev–Trinajstić information content (AvgIpc) is 3.91. The summed E-state index contributed by atoms with van der Waals surface area (Å²) in [5.74, 6) is -4.77. The zero-order valence-corrected chi connectivity index (χ0v) is 40.1. The minimum Gasteiger partial charge on any atom is -0.490 e. The van der Waals surface area contributed by atoms with E-state index in [0.717, 1.165) is 24.2 Å². The maximum absolute atomic E-state index is 16.2. The van der Waals surface area contributed by atoms with E-state index in [1.807, 2.05) is 0 Å². The van der Waals surface area contributed by atoms with Crippen LogP contribution in [0.1, 0.15) is 106 Å². The summed E-state index contributed by atoms with van der Waals surface area (Å²) in [6.07, 6.45) is 4.55. The highest BCUT2D eigenvalue weighted by Gasteiger charge is 2.72. The Hall–Kier alpha value is -6.08. The quantitative estimate of drug-likeness (QED) is 0.0430. The molecular weight excluding hydrogens is 960 g/mol. The maximum Gasteiger partial charge on any atom is 0.266 e. The molecule has 372 valence electrons. The molecule has 4 aliphatic heterocycles. The first-order chi connectivity index (χ1) is 34.3. The summed E-state index contributed by atoms with van der Waals surface area (Å²) in [4.78, 5) is 93.3. The summed E-state index contributed by atoms with van der Waals surface area (Å²) in [5, 5.41) is 12.1. The predicted molar refractivity (Wildman–Crippen MR) is 258 cm³/mol. The Kier molecular flexibility index (Phi) is 15.0. The Balaban J connectivity index is 0.705. The molecule has 0 radical (unpaired) electrons. The number of fused-ring (bicyclic) bond motifs is 4. The summed E-state index contributed by atoms with van der Waals surface area (Å²) in [6, 6.07) is 19.0. The SMILES string of the molecule is O=C1CCC(N2C(=O)c3cccc(OCCOCCOCCOCCCC(=O)c4ccc(NC(=O)[C@@H]5NC6(CCCCC6)[C@@]6(C(=O)Nc7cc(Cl)ccc76)[C@H]5c5cccc(Cl)c5F)cc4)c3C2=O)C(=O)N1. The highest BCUT2D eigenvalue weighted by Crippen LogP contribution is 2.63. The molecule has 19 heteroatoms. The van der Waals surface area contributed by atoms with Crippen LogP contribution in [0, 0.1) is 5.82 Å². The number of nitrogens with zero attached hydrogens (tertiary/aromatic N) is 1. The van der Waals surface area contributed by atoms with Gasteiger partial charge in [-0.1, -0.05) is 66.7 Å². The van der Waals surface area contributed by atoms with Crippen molar-refractivity contribution in [2.75, 3.05) is 56.9 Å². The van der Waals surface area contributed by atoms with Crippen molar-refractivity contribution < 1.29 is 56.9 Å². The van der Waals surface area contributed by atoms with Crippen molar-refractivity contribution in [3.63, 3.8) is 0 Å². The zero-order chi connectivity index (χ0) is 49.9. The van der Waals surface area contributed by atoms with Crippen LogP contribution in [0.15, 0.2) is 78.9 Å². The Bertz CT molecular complexity index is 2770. The molecule has 1 saturated carbocycles. The van der Waals surface area contributed by atoms with Gasteiger partial charge in [0.05, 0.1) is 55.2 Å². The van der Waals surface area contributed by atoms with Gasteiger partial charge in [-0.15, -0.1) is 0 Å². The van der Waals surface area contributed by atoms with Crippen LogP contribution in [0.25, 0.3) is 0 Å². The van der Waals surface area contributed by atoms with Crippen LogP contribution in [0.3, 0.4) is 0 Å². The molecule has 4 N–H and O–H groups in total. The highest BCUT2D eigenvalue weighted by atomic mass is 35.5. The fourth-order valence-electron chi connectivity index (χ4n) is 11.0. The normalized spacial score (nSPS) is 22.2. The van der Waals surface area contributed by atoms with Gasteiger partial charge in [-0.3, -0.25) is 49.1 Å². The van der Waals surface area contributed by atoms with Gasteiger partial charge >= 0.3 is 0 Å². The van der Waals surface area contributed by atoms with E-state index < -0.39 is 64.3 Å². The molecule has 1 aliphatic carbocycles. The van der Waals surface area contributed by atoms with Gasteiger partial charge in [-0.05, 0) is 91.4 Å². The molecule has 71 heavy (non-hydrogen) atoms. The first kappa shape index (κ1) is 49.9. The summed E-state index contributed by atoms with van der Waals surface area (Å²) in [6.45, 7) is 1.76. The number of anilines is 2. The molecule has 4 aromatic rings. The molecule has 3 fully saturated rings. The van der Waals surface area contributed by atoms with Gasteiger partial charge in [-0.25, -0.2) is 4.39 Å². The molecule has 0 aromatic heterocycles. The van der Waals surface area contributed by atoms with Crippen LogP contribution in [-0.2, 0) is 38.8 Å². The van der Waals surface area contributed by atoms with Crippen molar-refractivity contribution in [2.45, 2.75) is 86.7 Å². The molecule has 4 heterocycles. The molecule has 9 rings (SSSR count). The Morgan fingerprint density at radius 1 is 0.789 bits per heavy atom. The molecule has 2 spiro atoms. The summed E-state index contributed by atoms with van der Waals surface area (Å²) < 4.78 is 38.8. The van der Waals surface area contributed by atoms with Gasteiger partial charge in [0, 0.05) is 52.9 Å². The van der Waals surface area contributed by atoms with Gasteiger partial charge < -0.3 is 29.6 Å². The minimum absolute atomic E-state index is 0.0245. The number of nitrogens with one attached hydrogen (secondary N) is 4. The third kappa shape index (κ3) is 9.58. The van der Waals surface area contributed by atoms with Crippen molar-refractivity contribution >= 4 is 75.8 Å². The lowest BCUT2D eigenvalue weighted by Gasteiger charge is -2.47. The number of rotatable bonds is 19. The summed E-state index contributed by atoms with van der Waals surface area (Å²) in [5.41, 5.74) is 0.183. The first-order valence-electron chi connectivity index (χ1n) is 23.8. The van der Waals surface area contributed by atoms with E-state index in [-0.39, 0.29) is 84.8 Å². The number of hydrogen-bond acceptors (Lipinski definition) is 12. The smallest absolute Gasteiger partial charge is 0.266 e. The molecule has 5 aliphatic rings. The Morgan fingerprint density at radius 3 is 2.23 bits per heavy atom. The number of ketones is 1. The lowest BCUT2D eigenvalue weighted by molar-refractivity contribution is -0.136. The van der Waals surface area contributed by atoms with E-state index in [1.165, 1.54) is 12.1 Å². The van der Waals surface area contributed by atoms with Crippen molar-refractivity contribution in [3.05, 3.63) is 123 Å². The number of carbonyl (C=O) groups is 7. The van der Waals surface area contributed by atoms with Gasteiger partial charge in [0.25, 0.3) is 11.8 Å². The molecule has 6 amide bonds. The highest BCUT2D eigenvalue weighted by molar-refractivity contribution is 6.31. The number of benzene rings is 4. The monoisotopic (exact) mass is 1010 g/mol. The Morgan fingerprint density at radius 2 is 1.49 bits per heavy atom. The van der Waals surface area contributed by atoms with E-state index in [4.69, 9.17) is 42.1 Å². The second-order valence-corrected chi connectivity index (χ2v) is 19.1. The molecular formula is C52H52Cl2FN5O11. The number of ether oxygens (including phenoxy) is 4. The number of imide groups is 2. The topological polar surface area (TPSA) is 208 Å². The van der Waals surface area contributed by atoms with E-state index in [2.05, 4.69) is 21.3 Å². The van der Waals surface area contributed by atoms with Crippen molar-refractivity contribution in [3.8, 4) is 5.75 Å². The standard InChI is InChI=1S/C52H52Cl2FN5O11/c53-31-14-17-35-37(29-31)57-50(67)52(35)43(34-8-4-9-36(54)44(34)55)45(59-51(52)20-2-1-3-21-51)47(64)56-32-15-12-30(13-16-32)39(61)10-6-22-68-23-24-69-25-26-70-27-28-71-40-11-5-7-33-42(40)49(66)60(48(33)65)38-18-19-41(62)58-46(38)63/h4-5,7-9,11-17,29,38,43,45,59H,1-3,6,10,18-28H2,(H,56,64)(H,57,67)(H,58,62,63)/t38?,43-,45+,52+/m0/s1. The van der Waals surface area contributed by atoms with Crippen LogP contribution < -0.4 is 26.0 Å². The number of Topliss-reactive ketones (excluding diaryl/α,β-unsaturated/α-hetero) is 1. The zero-order valence-electron chi connectivity index (χ0n) is 38.6. The lowest BCUT2D eigenvalue weighted by atomic mass is 9.55. The number of halogens is 3. The molecule has 4 aromatic carbocycles. The number of hydrogen-bond donors (Lipinski definition) is 4. The van der Waals surface area contributed by atoms with Gasteiger partial charge in [-0.2, -0.15) is 0 Å². The van der Waals surface area contributed by atoms with Crippen LogP contribution in [-0.4, -0.2) is 110 Å².